The molecule has 2 nitrogen and oxygen atoms in total. The summed E-state index contributed by atoms with van der Waals surface area (Å²) < 4.78 is 0. The zero-order chi connectivity index (χ0) is 11.0. The van der Waals surface area contributed by atoms with Crippen LogP contribution in [0.25, 0.3) is 10.9 Å². The molecule has 3 N–H and O–H groups in total. The number of nitrogens with two attached hydrogens (primary N) is 1. The first kappa shape index (κ1) is 10.2. The van der Waals surface area contributed by atoms with Crippen LogP contribution in [0.5, 0.6) is 0 Å². The number of fused-ring (bicyclic) bond motifs is 1. The molecule has 2 rings (SSSR count). The van der Waals surface area contributed by atoms with Gasteiger partial charge in [-0.05, 0) is 43.0 Å². The predicted octanol–water partition coefficient (Wildman–Crippen LogP) is 2.85. The number of hydrogen-bond acceptors (Lipinski definition) is 1. The van der Waals surface area contributed by atoms with E-state index in [2.05, 4.69) is 44.1 Å². The summed E-state index contributed by atoms with van der Waals surface area (Å²) in [5.74, 6) is 0.416. The van der Waals surface area contributed by atoms with Crippen LogP contribution in [0.2, 0.25) is 0 Å². The van der Waals surface area contributed by atoms with Crippen LogP contribution in [0.15, 0.2) is 18.3 Å². The highest BCUT2D eigenvalue weighted by Crippen LogP contribution is 2.29. The minimum absolute atomic E-state index is 0.416. The van der Waals surface area contributed by atoms with E-state index >= 15 is 0 Å². The average molecular weight is 202 g/mol. The third kappa shape index (κ3) is 1.55. The first-order valence-electron chi connectivity index (χ1n) is 5.42. The Morgan fingerprint density at radius 1 is 1.27 bits per heavy atom. The van der Waals surface area contributed by atoms with Gasteiger partial charge in [0.2, 0.25) is 0 Å². The van der Waals surface area contributed by atoms with E-state index in [9.17, 15) is 0 Å². The lowest BCUT2D eigenvalue weighted by molar-refractivity contribution is 0.780. The average Bonchev–Trinajstić information content (AvgIpc) is 2.68. The summed E-state index contributed by atoms with van der Waals surface area (Å²) in [5, 5.41) is 1.35. The Bertz CT molecular complexity index is 482. The SMILES string of the molecule is Cc1ccc(C)c2c(C(C)CN)c[nH]c12. The van der Waals surface area contributed by atoms with Crippen molar-refractivity contribution in [3.63, 3.8) is 0 Å². The Hall–Kier alpha value is -1.28. The predicted molar refractivity (Wildman–Crippen MR) is 65.2 cm³/mol. The van der Waals surface area contributed by atoms with Gasteiger partial charge in [-0.2, -0.15) is 0 Å². The van der Waals surface area contributed by atoms with Crippen molar-refractivity contribution < 1.29 is 0 Å². The topological polar surface area (TPSA) is 41.8 Å². The maximum absolute atomic E-state index is 5.73. The number of H-pyrrole nitrogens is 1. The summed E-state index contributed by atoms with van der Waals surface area (Å²) in [6, 6.07) is 4.34. The van der Waals surface area contributed by atoms with Crippen LogP contribution in [0.1, 0.15) is 29.5 Å². The highest BCUT2D eigenvalue weighted by molar-refractivity contribution is 5.89. The second-order valence-electron chi connectivity index (χ2n) is 4.33. The molecule has 0 radical (unpaired) electrons. The quantitative estimate of drug-likeness (QED) is 0.772. The van der Waals surface area contributed by atoms with Gasteiger partial charge in [-0.3, -0.25) is 0 Å². The van der Waals surface area contributed by atoms with Crippen molar-refractivity contribution in [2.45, 2.75) is 26.7 Å². The van der Waals surface area contributed by atoms with Gasteiger partial charge in [0.05, 0.1) is 0 Å². The maximum Gasteiger partial charge on any atom is 0.0489 e. The lowest BCUT2D eigenvalue weighted by Crippen LogP contribution is -2.08. The molecule has 80 valence electrons. The molecule has 1 aromatic carbocycles. The van der Waals surface area contributed by atoms with E-state index in [1.807, 2.05) is 0 Å². The second-order valence-corrected chi connectivity index (χ2v) is 4.33. The van der Waals surface area contributed by atoms with Crippen LogP contribution >= 0.6 is 0 Å². The summed E-state index contributed by atoms with van der Waals surface area (Å²) in [6.45, 7) is 7.15. The lowest BCUT2D eigenvalue weighted by Gasteiger charge is -2.09. The molecule has 0 spiro atoms. The van der Waals surface area contributed by atoms with Crippen molar-refractivity contribution in [1.29, 1.82) is 0 Å². The van der Waals surface area contributed by atoms with Gasteiger partial charge < -0.3 is 10.7 Å². The smallest absolute Gasteiger partial charge is 0.0489 e. The van der Waals surface area contributed by atoms with Crippen molar-refractivity contribution in [3.8, 4) is 0 Å². The Kier molecular flexibility index (Phi) is 2.53. The van der Waals surface area contributed by atoms with Gasteiger partial charge in [-0.25, -0.2) is 0 Å². The molecule has 1 aromatic heterocycles. The van der Waals surface area contributed by atoms with E-state index < -0.39 is 0 Å². The third-order valence-electron chi connectivity index (χ3n) is 3.17. The molecule has 1 heterocycles. The number of benzene rings is 1. The molecule has 0 bridgehead atoms. The van der Waals surface area contributed by atoms with Crippen LogP contribution < -0.4 is 5.73 Å². The van der Waals surface area contributed by atoms with Gasteiger partial charge in [0, 0.05) is 17.1 Å². The fourth-order valence-electron chi connectivity index (χ4n) is 2.11. The summed E-state index contributed by atoms with van der Waals surface area (Å²) in [4.78, 5) is 3.36. The van der Waals surface area contributed by atoms with Crippen LogP contribution in [0, 0.1) is 13.8 Å². The first-order valence-corrected chi connectivity index (χ1v) is 5.42. The summed E-state index contributed by atoms with van der Waals surface area (Å²) in [5.41, 5.74) is 10.9. The monoisotopic (exact) mass is 202 g/mol. The van der Waals surface area contributed by atoms with Gasteiger partial charge in [-0.15, -0.1) is 0 Å². The van der Waals surface area contributed by atoms with E-state index in [0.717, 1.165) is 0 Å². The summed E-state index contributed by atoms with van der Waals surface area (Å²) >= 11 is 0. The molecule has 0 aliphatic rings. The van der Waals surface area contributed by atoms with Gasteiger partial charge in [0.25, 0.3) is 0 Å². The molecular formula is C13H18N2. The fraction of sp³-hybridized carbons (Fsp3) is 0.385. The molecule has 0 aliphatic heterocycles. The van der Waals surface area contributed by atoms with Crippen LogP contribution in [-0.4, -0.2) is 11.5 Å². The van der Waals surface area contributed by atoms with Crippen LogP contribution in [0.3, 0.4) is 0 Å². The molecule has 15 heavy (non-hydrogen) atoms. The molecule has 0 amide bonds. The van der Waals surface area contributed by atoms with E-state index in [1.165, 1.54) is 27.6 Å². The highest BCUT2D eigenvalue weighted by atomic mass is 14.7. The standard InChI is InChI=1S/C13H18N2/c1-8-4-5-9(2)13-12(8)11(7-15-13)10(3)6-14/h4-5,7,10,15H,6,14H2,1-3H3. The number of hydrogen-bond donors (Lipinski definition) is 2. The van der Waals surface area contributed by atoms with Crippen molar-refractivity contribution >= 4 is 10.9 Å². The zero-order valence-corrected chi connectivity index (χ0v) is 9.59. The molecule has 2 aromatic rings. The molecule has 2 heteroatoms. The highest BCUT2D eigenvalue weighted by Gasteiger charge is 2.12. The Labute approximate surface area is 90.5 Å². The Morgan fingerprint density at radius 3 is 2.60 bits per heavy atom. The maximum atomic E-state index is 5.73. The van der Waals surface area contributed by atoms with Crippen molar-refractivity contribution in [2.24, 2.45) is 5.73 Å². The van der Waals surface area contributed by atoms with Crippen LogP contribution in [-0.2, 0) is 0 Å². The molecular weight excluding hydrogens is 184 g/mol. The van der Waals surface area contributed by atoms with Crippen LogP contribution in [0.4, 0.5) is 0 Å². The zero-order valence-electron chi connectivity index (χ0n) is 9.59. The third-order valence-corrected chi connectivity index (χ3v) is 3.17. The van der Waals surface area contributed by atoms with Gasteiger partial charge >= 0.3 is 0 Å². The number of aromatic nitrogens is 1. The van der Waals surface area contributed by atoms with Crippen molar-refractivity contribution in [1.82, 2.24) is 4.98 Å². The molecule has 1 atom stereocenters. The number of aryl methyl sites for hydroxylation is 2. The molecule has 0 saturated carbocycles. The minimum Gasteiger partial charge on any atom is -0.361 e. The normalized spacial score (nSPS) is 13.3. The Morgan fingerprint density at radius 2 is 1.93 bits per heavy atom. The lowest BCUT2D eigenvalue weighted by atomic mass is 9.97. The van der Waals surface area contributed by atoms with Gasteiger partial charge in [0.15, 0.2) is 0 Å². The fourth-order valence-corrected chi connectivity index (χ4v) is 2.11. The minimum atomic E-state index is 0.416. The van der Waals surface area contributed by atoms with Crippen molar-refractivity contribution in [2.75, 3.05) is 6.54 Å². The Balaban J connectivity index is 2.73. The molecule has 0 fully saturated rings. The number of rotatable bonds is 2. The van der Waals surface area contributed by atoms with Gasteiger partial charge in [-0.1, -0.05) is 19.1 Å². The van der Waals surface area contributed by atoms with E-state index in [0.29, 0.717) is 12.5 Å². The largest absolute Gasteiger partial charge is 0.361 e. The summed E-state index contributed by atoms with van der Waals surface area (Å²) in [6.07, 6.45) is 2.10. The molecule has 0 saturated heterocycles. The van der Waals surface area contributed by atoms with E-state index in [4.69, 9.17) is 5.73 Å². The number of aromatic amines is 1. The number of nitrogens with one attached hydrogen (secondary N) is 1. The molecule has 0 aliphatic carbocycles. The van der Waals surface area contributed by atoms with E-state index in [1.54, 1.807) is 0 Å². The van der Waals surface area contributed by atoms with Gasteiger partial charge in [0.1, 0.15) is 0 Å². The first-order chi connectivity index (χ1) is 7.15. The molecule has 1 unspecified atom stereocenters. The summed E-state index contributed by atoms with van der Waals surface area (Å²) in [7, 11) is 0. The van der Waals surface area contributed by atoms with Crippen molar-refractivity contribution in [3.05, 3.63) is 35.0 Å². The van der Waals surface area contributed by atoms with E-state index in [-0.39, 0.29) is 0 Å². The second kappa shape index (κ2) is 3.70.